The van der Waals surface area contributed by atoms with Crippen LogP contribution in [0.2, 0.25) is 0 Å². The highest BCUT2D eigenvalue weighted by molar-refractivity contribution is 7.18. The average Bonchev–Trinajstić information content (AvgIpc) is 2.69. The monoisotopic (exact) mass is 279 g/mol. The fraction of sp³-hybridized carbons (Fsp3) is 0.400. The molecule has 0 aromatic carbocycles. The Labute approximate surface area is 104 Å². The first-order valence-corrected chi connectivity index (χ1v) is 5.88. The number of rotatable bonds is 4. The average molecular weight is 279 g/mol. The van der Waals surface area contributed by atoms with E-state index in [1.165, 1.54) is 17.7 Å². The lowest BCUT2D eigenvalue weighted by Gasteiger charge is -2.16. The van der Waals surface area contributed by atoms with E-state index < -0.39 is 18.9 Å². The molecule has 0 amide bonds. The first-order valence-electron chi connectivity index (χ1n) is 5.00. The number of nitrogens with one attached hydrogen (secondary N) is 1. The molecule has 0 fully saturated rings. The fourth-order valence-electron chi connectivity index (χ4n) is 1.37. The van der Waals surface area contributed by atoms with Gasteiger partial charge in [-0.15, -0.1) is 11.3 Å². The second-order valence-corrected chi connectivity index (χ2v) is 4.61. The zero-order valence-corrected chi connectivity index (χ0v) is 10.1. The Morgan fingerprint density at radius 3 is 2.78 bits per heavy atom. The zero-order chi connectivity index (χ0) is 13.3. The van der Waals surface area contributed by atoms with Gasteiger partial charge in [-0.1, -0.05) is 0 Å². The van der Waals surface area contributed by atoms with E-state index >= 15 is 0 Å². The highest BCUT2D eigenvalue weighted by Gasteiger charge is 2.40. The van der Waals surface area contributed by atoms with E-state index in [4.69, 9.17) is 0 Å². The molecule has 8 heteroatoms. The quantitative estimate of drug-likeness (QED) is 0.872. The van der Waals surface area contributed by atoms with Crippen LogP contribution in [-0.4, -0.2) is 28.9 Å². The third kappa shape index (κ3) is 2.38. The van der Waals surface area contributed by atoms with Gasteiger partial charge in [0.1, 0.15) is 12.1 Å². The summed E-state index contributed by atoms with van der Waals surface area (Å²) in [5.41, 5.74) is 1.53. The smallest absolute Gasteiger partial charge is 0.324 e. The minimum absolute atomic E-state index is 0.151. The van der Waals surface area contributed by atoms with Crippen molar-refractivity contribution in [3.8, 4) is 0 Å². The third-order valence-electron chi connectivity index (χ3n) is 2.34. The lowest BCUT2D eigenvalue weighted by molar-refractivity contribution is -0.117. The summed E-state index contributed by atoms with van der Waals surface area (Å²) in [4.78, 5) is 7.80. The molecule has 0 atom stereocenters. The molecule has 0 saturated carbocycles. The summed E-state index contributed by atoms with van der Waals surface area (Å²) in [5, 5.41) is 4.05. The van der Waals surface area contributed by atoms with Crippen molar-refractivity contribution in [2.24, 2.45) is 0 Å². The molecule has 2 aromatic heterocycles. The topological polar surface area (TPSA) is 37.8 Å². The van der Waals surface area contributed by atoms with E-state index in [1.54, 1.807) is 5.38 Å². The highest BCUT2D eigenvalue weighted by atomic mass is 32.1. The van der Waals surface area contributed by atoms with E-state index in [0.29, 0.717) is 10.2 Å². The van der Waals surface area contributed by atoms with Crippen LogP contribution in [0.3, 0.4) is 0 Å². The molecule has 18 heavy (non-hydrogen) atoms. The Hall–Kier alpha value is -1.44. The van der Waals surface area contributed by atoms with Crippen LogP contribution in [0.1, 0.15) is 5.56 Å². The molecule has 2 aromatic rings. The van der Waals surface area contributed by atoms with Gasteiger partial charge in [0, 0.05) is 0 Å². The molecule has 2 heterocycles. The van der Waals surface area contributed by atoms with Crippen LogP contribution >= 0.6 is 11.3 Å². The third-order valence-corrected chi connectivity index (χ3v) is 3.44. The number of aryl methyl sites for hydroxylation is 1. The number of nitrogens with zero attached hydrogens (tertiary/aromatic N) is 2. The summed E-state index contributed by atoms with van der Waals surface area (Å²) in [6, 6.07) is 0. The van der Waals surface area contributed by atoms with E-state index in [9.17, 15) is 17.6 Å². The Morgan fingerprint density at radius 1 is 1.39 bits per heavy atom. The summed E-state index contributed by atoms with van der Waals surface area (Å²) in [6.45, 7) is 0.664. The van der Waals surface area contributed by atoms with Crippen molar-refractivity contribution in [2.45, 2.75) is 19.3 Å². The van der Waals surface area contributed by atoms with Crippen molar-refractivity contribution in [1.82, 2.24) is 9.97 Å². The minimum Gasteiger partial charge on any atom is -0.362 e. The van der Waals surface area contributed by atoms with Crippen molar-refractivity contribution in [3.05, 3.63) is 17.3 Å². The maximum Gasteiger partial charge on any atom is 0.324 e. The maximum atomic E-state index is 12.8. The van der Waals surface area contributed by atoms with Crippen molar-refractivity contribution < 1.29 is 17.6 Å². The maximum absolute atomic E-state index is 12.8. The van der Waals surface area contributed by atoms with Gasteiger partial charge in [-0.3, -0.25) is 0 Å². The van der Waals surface area contributed by atoms with E-state index in [-0.39, 0.29) is 5.82 Å². The fourth-order valence-corrected chi connectivity index (χ4v) is 2.34. The molecule has 2 rings (SSSR count). The van der Waals surface area contributed by atoms with Crippen LogP contribution in [0.15, 0.2) is 11.7 Å². The molecule has 0 radical (unpaired) electrons. The first kappa shape index (κ1) is 13.0. The highest BCUT2D eigenvalue weighted by Crippen LogP contribution is 2.30. The first-order chi connectivity index (χ1) is 8.42. The van der Waals surface area contributed by atoms with Crippen LogP contribution in [0.25, 0.3) is 10.2 Å². The lowest BCUT2D eigenvalue weighted by Crippen LogP contribution is -2.35. The lowest BCUT2D eigenvalue weighted by atomic mass is 10.3. The largest absolute Gasteiger partial charge is 0.362 e. The SMILES string of the molecule is Cc1csc2c(NCC(F)(F)C(F)F)ncnc12. The number of halogens is 4. The van der Waals surface area contributed by atoms with Gasteiger partial charge >= 0.3 is 12.3 Å². The van der Waals surface area contributed by atoms with Gasteiger partial charge in [0.15, 0.2) is 0 Å². The van der Waals surface area contributed by atoms with Gasteiger partial charge in [0.2, 0.25) is 0 Å². The molecule has 0 spiro atoms. The van der Waals surface area contributed by atoms with Gasteiger partial charge in [0.25, 0.3) is 0 Å². The van der Waals surface area contributed by atoms with Gasteiger partial charge < -0.3 is 5.32 Å². The van der Waals surface area contributed by atoms with Crippen molar-refractivity contribution in [2.75, 3.05) is 11.9 Å². The van der Waals surface area contributed by atoms with E-state index in [2.05, 4.69) is 15.3 Å². The Kier molecular flexibility index (Phi) is 3.38. The number of hydrogen-bond donors (Lipinski definition) is 1. The normalized spacial score (nSPS) is 12.3. The summed E-state index contributed by atoms with van der Waals surface area (Å²) in [7, 11) is 0. The Balaban J connectivity index is 2.23. The summed E-state index contributed by atoms with van der Waals surface area (Å²) in [6.07, 6.45) is -2.49. The molecular formula is C10H9F4N3S. The predicted molar refractivity (Wildman–Crippen MR) is 61.6 cm³/mol. The van der Waals surface area contributed by atoms with Crippen LogP contribution in [0.5, 0.6) is 0 Å². The van der Waals surface area contributed by atoms with E-state index in [0.717, 1.165) is 5.56 Å². The second kappa shape index (κ2) is 4.68. The van der Waals surface area contributed by atoms with Crippen LogP contribution in [-0.2, 0) is 0 Å². The zero-order valence-electron chi connectivity index (χ0n) is 9.25. The van der Waals surface area contributed by atoms with Crippen molar-refractivity contribution >= 4 is 27.4 Å². The Bertz CT molecular complexity index is 555. The standard InChI is InChI=1S/C10H9F4N3S/c1-5-2-18-7-6(5)16-4-17-8(7)15-3-10(13,14)9(11)12/h2,4,9H,3H2,1H3,(H,15,16,17). The van der Waals surface area contributed by atoms with Gasteiger partial charge in [0.05, 0.1) is 16.8 Å². The van der Waals surface area contributed by atoms with Gasteiger partial charge in [-0.25, -0.2) is 18.7 Å². The number of alkyl halides is 4. The molecular weight excluding hydrogens is 270 g/mol. The van der Waals surface area contributed by atoms with Crippen molar-refractivity contribution in [3.63, 3.8) is 0 Å². The predicted octanol–water partition coefficient (Wildman–Crippen LogP) is 3.31. The number of hydrogen-bond acceptors (Lipinski definition) is 4. The molecule has 1 N–H and O–H groups in total. The molecule has 0 bridgehead atoms. The van der Waals surface area contributed by atoms with Crippen LogP contribution in [0.4, 0.5) is 23.4 Å². The Morgan fingerprint density at radius 2 is 2.11 bits per heavy atom. The molecule has 0 unspecified atom stereocenters. The second-order valence-electron chi connectivity index (χ2n) is 3.73. The van der Waals surface area contributed by atoms with Crippen LogP contribution < -0.4 is 5.32 Å². The molecule has 3 nitrogen and oxygen atoms in total. The number of thiophene rings is 1. The summed E-state index contributed by atoms with van der Waals surface area (Å²) < 4.78 is 50.2. The number of fused-ring (bicyclic) bond motifs is 1. The van der Waals surface area contributed by atoms with Gasteiger partial charge in [-0.05, 0) is 17.9 Å². The van der Waals surface area contributed by atoms with Gasteiger partial charge in [-0.2, -0.15) is 8.78 Å². The molecule has 0 aliphatic carbocycles. The van der Waals surface area contributed by atoms with E-state index in [1.807, 2.05) is 6.92 Å². The molecule has 0 saturated heterocycles. The van der Waals surface area contributed by atoms with Crippen LogP contribution in [0, 0.1) is 6.92 Å². The number of aromatic nitrogens is 2. The minimum atomic E-state index is -4.08. The summed E-state index contributed by atoms with van der Waals surface area (Å²) >= 11 is 1.28. The molecule has 0 aliphatic heterocycles. The summed E-state index contributed by atoms with van der Waals surface area (Å²) in [5.74, 6) is -3.93. The molecule has 0 aliphatic rings. The van der Waals surface area contributed by atoms with Crippen molar-refractivity contribution in [1.29, 1.82) is 0 Å². The molecule has 98 valence electrons. The number of anilines is 1.